The van der Waals surface area contributed by atoms with E-state index in [0.717, 1.165) is 61.2 Å². The van der Waals surface area contributed by atoms with Gasteiger partial charge in [-0.2, -0.15) is 4.98 Å². The van der Waals surface area contributed by atoms with Crippen LogP contribution >= 0.6 is 11.6 Å². The molecule has 3 N–H and O–H groups in total. The first kappa shape index (κ1) is 27.4. The topological polar surface area (TPSA) is 106 Å². The number of piperazine rings is 1. The van der Waals surface area contributed by atoms with E-state index >= 15 is 0 Å². The number of amides is 1. The summed E-state index contributed by atoms with van der Waals surface area (Å²) in [6.45, 7) is 12.4. The molecule has 0 spiro atoms. The number of aromatic nitrogens is 2. The first-order valence-corrected chi connectivity index (χ1v) is 14.1. The van der Waals surface area contributed by atoms with Crippen molar-refractivity contribution in [2.75, 3.05) is 68.9 Å². The second kappa shape index (κ2) is 10.8. The minimum atomic E-state index is -0.0249. The van der Waals surface area contributed by atoms with E-state index in [9.17, 15) is 4.79 Å². The van der Waals surface area contributed by atoms with Gasteiger partial charge in [0.1, 0.15) is 5.82 Å². The number of benzene rings is 1. The summed E-state index contributed by atoms with van der Waals surface area (Å²) in [5.41, 5.74) is 11.8. The molecule has 5 rings (SSSR count). The van der Waals surface area contributed by atoms with Gasteiger partial charge < -0.3 is 30.7 Å². The molecular formula is C29H39ClN8O. The van der Waals surface area contributed by atoms with Crippen LogP contribution in [0.25, 0.3) is 0 Å². The first-order chi connectivity index (χ1) is 18.6. The number of likely N-dealkylation sites (N-methyl/N-ethyl adjacent to an activating group) is 1. The average Bonchev–Trinajstić information content (AvgIpc) is 2.88. The number of nitrogens with zero attached hydrogens (tertiary/aromatic N) is 6. The summed E-state index contributed by atoms with van der Waals surface area (Å²) in [4.78, 5) is 31.1. The van der Waals surface area contributed by atoms with Crippen LogP contribution in [-0.2, 0) is 17.6 Å². The van der Waals surface area contributed by atoms with Crippen molar-refractivity contribution in [2.24, 2.45) is 5.92 Å². The Morgan fingerprint density at radius 1 is 1.18 bits per heavy atom. The first-order valence-electron chi connectivity index (χ1n) is 13.7. The number of hydrogen-bond acceptors (Lipinski definition) is 8. The fraction of sp³-hybridized carbons (Fsp3) is 0.517. The Kier molecular flexibility index (Phi) is 7.57. The van der Waals surface area contributed by atoms with Crippen LogP contribution in [0.4, 0.5) is 17.5 Å². The van der Waals surface area contributed by atoms with Crippen molar-refractivity contribution < 1.29 is 4.79 Å². The van der Waals surface area contributed by atoms with Crippen LogP contribution in [0, 0.1) is 18.3 Å². The number of carbonyl (C=O) groups is 1. The normalized spacial score (nSPS) is 21.5. The molecule has 3 heterocycles. The van der Waals surface area contributed by atoms with E-state index in [1.165, 1.54) is 17.9 Å². The number of nitrogens with one attached hydrogen (secondary N) is 1. The minimum absolute atomic E-state index is 0.0249. The number of nitrogen functional groups attached to an aromatic ring is 1. The summed E-state index contributed by atoms with van der Waals surface area (Å²) in [7, 11) is 4.21. The molecule has 0 radical (unpaired) electrons. The summed E-state index contributed by atoms with van der Waals surface area (Å²) in [6, 6.07) is 2.34. The van der Waals surface area contributed by atoms with Gasteiger partial charge in [0.05, 0.1) is 5.69 Å². The van der Waals surface area contributed by atoms with Gasteiger partial charge in [-0.1, -0.05) is 25.1 Å². The molecule has 1 amide bonds. The summed E-state index contributed by atoms with van der Waals surface area (Å²) in [5, 5.41) is 8.78. The predicted octanol–water partition coefficient (Wildman–Crippen LogP) is 3.12. The highest BCUT2D eigenvalue weighted by Gasteiger charge is 2.37. The van der Waals surface area contributed by atoms with Crippen LogP contribution in [0.2, 0.25) is 5.02 Å². The lowest BCUT2D eigenvalue weighted by atomic mass is 9.73. The Labute approximate surface area is 236 Å². The van der Waals surface area contributed by atoms with Gasteiger partial charge in [-0.15, -0.1) is 0 Å². The van der Waals surface area contributed by atoms with Gasteiger partial charge in [0.2, 0.25) is 11.9 Å². The zero-order chi connectivity index (χ0) is 28.0. The van der Waals surface area contributed by atoms with E-state index in [1.54, 1.807) is 0 Å². The Morgan fingerprint density at radius 3 is 2.49 bits per heavy atom. The molecular weight excluding hydrogens is 512 g/mol. The molecule has 2 saturated heterocycles. The van der Waals surface area contributed by atoms with Gasteiger partial charge in [0.25, 0.3) is 0 Å². The molecule has 39 heavy (non-hydrogen) atoms. The maximum absolute atomic E-state index is 12.2. The van der Waals surface area contributed by atoms with E-state index in [0.29, 0.717) is 41.8 Å². The number of hydrogen-bond donors (Lipinski definition) is 2. The molecule has 0 bridgehead atoms. The second-order valence-corrected chi connectivity index (χ2v) is 11.7. The number of carbonyl (C=O) groups excluding carboxylic acids is 1. The van der Waals surface area contributed by atoms with Crippen molar-refractivity contribution in [3.63, 3.8) is 0 Å². The van der Waals surface area contributed by atoms with Crippen molar-refractivity contribution in [1.82, 2.24) is 19.8 Å². The Balaban J connectivity index is 1.53. The SMILES string of the molecule is C=CC(=O)N1CCN(c2nc(N3CC(N(C)C)C3)nc3c2C[C@@H](C)[C@H](c2c(Cl)c(C)cc(N)c2C=N)C3)CC1. The molecule has 1 aromatic carbocycles. The molecule has 1 aliphatic carbocycles. The third kappa shape index (κ3) is 4.98. The number of halogens is 1. The highest BCUT2D eigenvalue weighted by molar-refractivity contribution is 6.32. The number of anilines is 3. The zero-order valence-corrected chi connectivity index (χ0v) is 24.1. The average molecular weight is 551 g/mol. The second-order valence-electron chi connectivity index (χ2n) is 11.4. The molecule has 2 aliphatic heterocycles. The van der Waals surface area contributed by atoms with Gasteiger partial charge in [-0.05, 0) is 69.0 Å². The predicted molar refractivity (Wildman–Crippen MR) is 159 cm³/mol. The quantitative estimate of drug-likeness (QED) is 0.323. The van der Waals surface area contributed by atoms with Crippen LogP contribution in [-0.4, -0.2) is 91.3 Å². The number of fused-ring (bicyclic) bond motifs is 1. The van der Waals surface area contributed by atoms with Gasteiger partial charge >= 0.3 is 0 Å². The lowest BCUT2D eigenvalue weighted by Gasteiger charge is -2.44. The van der Waals surface area contributed by atoms with Gasteiger partial charge in [-0.25, -0.2) is 4.98 Å². The molecule has 2 aromatic rings. The summed E-state index contributed by atoms with van der Waals surface area (Å²) < 4.78 is 0. The van der Waals surface area contributed by atoms with Crippen LogP contribution in [0.1, 0.15) is 40.8 Å². The standard InChI is InChI=1S/C29H39ClN8O/c1-6-25(39)36-7-9-37(10-8-36)28-21-11-17(2)20(26-22(14-31)23(32)12-18(3)27(26)30)13-24(21)33-29(34-28)38-15-19(16-38)35(4)5/h6,12,14,17,19-20,31H,1,7-11,13,15-16,32H2,2-5H3/t17-,20-/m1/s1. The van der Waals surface area contributed by atoms with E-state index in [1.807, 2.05) is 17.9 Å². The summed E-state index contributed by atoms with van der Waals surface area (Å²) in [5.74, 6) is 2.08. The number of rotatable bonds is 6. The van der Waals surface area contributed by atoms with E-state index < -0.39 is 0 Å². The Morgan fingerprint density at radius 2 is 1.87 bits per heavy atom. The zero-order valence-electron chi connectivity index (χ0n) is 23.4. The Hall–Kier alpha value is -3.17. The van der Waals surface area contributed by atoms with Gasteiger partial charge in [-0.3, -0.25) is 4.79 Å². The number of aryl methyl sites for hydroxylation is 1. The van der Waals surface area contributed by atoms with Crippen molar-refractivity contribution in [2.45, 2.75) is 38.6 Å². The van der Waals surface area contributed by atoms with Crippen molar-refractivity contribution >= 4 is 41.2 Å². The Bertz CT molecular complexity index is 1300. The van der Waals surface area contributed by atoms with Crippen LogP contribution in [0.5, 0.6) is 0 Å². The monoisotopic (exact) mass is 550 g/mol. The molecule has 2 atom stereocenters. The lowest BCUT2D eigenvalue weighted by Crippen LogP contribution is -2.58. The van der Waals surface area contributed by atoms with E-state index in [4.69, 9.17) is 32.7 Å². The highest BCUT2D eigenvalue weighted by atomic mass is 35.5. The van der Waals surface area contributed by atoms with E-state index in [2.05, 4.69) is 42.3 Å². The summed E-state index contributed by atoms with van der Waals surface area (Å²) >= 11 is 6.89. The van der Waals surface area contributed by atoms with Crippen molar-refractivity contribution in [3.8, 4) is 0 Å². The molecule has 10 heteroatoms. The lowest BCUT2D eigenvalue weighted by molar-refractivity contribution is -0.126. The molecule has 3 aliphatic rings. The fourth-order valence-corrected chi connectivity index (χ4v) is 6.44. The van der Waals surface area contributed by atoms with Gasteiger partial charge in [0, 0.05) is 73.4 Å². The molecule has 208 valence electrons. The van der Waals surface area contributed by atoms with Crippen molar-refractivity contribution in [1.29, 1.82) is 5.41 Å². The van der Waals surface area contributed by atoms with Crippen molar-refractivity contribution in [3.05, 3.63) is 51.7 Å². The minimum Gasteiger partial charge on any atom is -0.398 e. The molecule has 9 nitrogen and oxygen atoms in total. The molecule has 1 aromatic heterocycles. The van der Waals surface area contributed by atoms with Crippen LogP contribution in [0.15, 0.2) is 18.7 Å². The molecule has 0 unspecified atom stereocenters. The molecule has 0 saturated carbocycles. The van der Waals surface area contributed by atoms with Crippen LogP contribution < -0.4 is 15.5 Å². The summed E-state index contributed by atoms with van der Waals surface area (Å²) in [6.07, 6.45) is 4.24. The molecule has 2 fully saturated rings. The number of nitrogens with two attached hydrogens (primary N) is 1. The maximum Gasteiger partial charge on any atom is 0.246 e. The fourth-order valence-electron chi connectivity index (χ4n) is 6.14. The third-order valence-electron chi connectivity index (χ3n) is 8.70. The van der Waals surface area contributed by atoms with E-state index in [-0.39, 0.29) is 17.7 Å². The van der Waals surface area contributed by atoms with Crippen LogP contribution in [0.3, 0.4) is 0 Å². The van der Waals surface area contributed by atoms with Gasteiger partial charge in [0.15, 0.2) is 0 Å². The largest absolute Gasteiger partial charge is 0.398 e. The third-order valence-corrected chi connectivity index (χ3v) is 9.20. The smallest absolute Gasteiger partial charge is 0.246 e. The highest BCUT2D eigenvalue weighted by Crippen LogP contribution is 2.45. The maximum atomic E-state index is 12.2.